The molecule has 1 heterocycles. The van der Waals surface area contributed by atoms with Gasteiger partial charge < -0.3 is 5.73 Å². The van der Waals surface area contributed by atoms with Gasteiger partial charge in [0.05, 0.1) is 11.2 Å². The molecule has 0 unspecified atom stereocenters. The lowest BCUT2D eigenvalue weighted by Crippen LogP contribution is -1.99. The molecule has 16 heavy (non-hydrogen) atoms. The Morgan fingerprint density at radius 1 is 1.50 bits per heavy atom. The van der Waals surface area contributed by atoms with Crippen LogP contribution in [-0.4, -0.2) is 9.78 Å². The van der Waals surface area contributed by atoms with E-state index in [9.17, 15) is 4.39 Å². The lowest BCUT2D eigenvalue weighted by atomic mass is 10.1. The van der Waals surface area contributed by atoms with Crippen LogP contribution in [0, 0.1) is 5.82 Å². The second kappa shape index (κ2) is 4.07. The molecule has 0 radical (unpaired) electrons. The number of aromatic nitrogens is 2. The second-order valence-electron chi connectivity index (χ2n) is 3.29. The Bertz CT molecular complexity index is 553. The van der Waals surface area contributed by atoms with Crippen molar-refractivity contribution in [1.29, 1.82) is 0 Å². The van der Waals surface area contributed by atoms with Crippen molar-refractivity contribution in [2.45, 2.75) is 0 Å². The molecule has 0 spiro atoms. The predicted octanol–water partition coefficient (Wildman–Crippen LogP) is 3.22. The molecule has 1 aromatic heterocycles. The van der Waals surface area contributed by atoms with E-state index in [2.05, 4.69) is 21.0 Å². The van der Waals surface area contributed by atoms with E-state index in [0.717, 1.165) is 0 Å². The molecule has 0 amide bonds. The maximum absolute atomic E-state index is 13.7. The van der Waals surface area contributed by atoms with E-state index in [4.69, 9.17) is 17.3 Å². The fourth-order valence-electron chi connectivity index (χ4n) is 1.41. The summed E-state index contributed by atoms with van der Waals surface area (Å²) >= 11 is 9.28. The Hall–Kier alpha value is -1.07. The van der Waals surface area contributed by atoms with E-state index in [1.807, 2.05) is 0 Å². The minimum Gasteiger partial charge on any atom is -0.383 e. The van der Waals surface area contributed by atoms with Crippen molar-refractivity contribution < 1.29 is 4.39 Å². The van der Waals surface area contributed by atoms with Gasteiger partial charge in [0, 0.05) is 22.6 Å². The largest absolute Gasteiger partial charge is 0.383 e. The monoisotopic (exact) mass is 303 g/mol. The van der Waals surface area contributed by atoms with Crippen molar-refractivity contribution >= 4 is 33.3 Å². The molecule has 0 aliphatic carbocycles. The summed E-state index contributed by atoms with van der Waals surface area (Å²) in [7, 11) is 1.68. The van der Waals surface area contributed by atoms with Gasteiger partial charge in [-0.25, -0.2) is 4.39 Å². The molecule has 84 valence electrons. The van der Waals surface area contributed by atoms with Crippen LogP contribution in [0.3, 0.4) is 0 Å². The number of anilines is 1. The summed E-state index contributed by atoms with van der Waals surface area (Å²) in [6.07, 6.45) is 1.49. The van der Waals surface area contributed by atoms with Gasteiger partial charge in [-0.1, -0.05) is 11.6 Å². The zero-order valence-electron chi connectivity index (χ0n) is 8.34. The van der Waals surface area contributed by atoms with E-state index in [1.54, 1.807) is 13.1 Å². The van der Waals surface area contributed by atoms with Crippen LogP contribution in [-0.2, 0) is 7.05 Å². The van der Waals surface area contributed by atoms with E-state index in [1.165, 1.54) is 16.9 Å². The van der Waals surface area contributed by atoms with Gasteiger partial charge in [0.15, 0.2) is 0 Å². The molecule has 6 heteroatoms. The Morgan fingerprint density at radius 3 is 2.75 bits per heavy atom. The van der Waals surface area contributed by atoms with Crippen LogP contribution in [0.4, 0.5) is 10.2 Å². The molecule has 1 aromatic carbocycles. The number of halogens is 3. The average Bonchev–Trinajstić information content (AvgIpc) is 2.56. The number of nitrogen functional groups attached to an aromatic ring is 1. The normalized spacial score (nSPS) is 10.8. The smallest absolute Gasteiger partial charge is 0.132 e. The third kappa shape index (κ3) is 1.70. The van der Waals surface area contributed by atoms with Gasteiger partial charge in [0.25, 0.3) is 0 Å². The number of rotatable bonds is 1. The summed E-state index contributed by atoms with van der Waals surface area (Å²) in [4.78, 5) is 0. The van der Waals surface area contributed by atoms with Gasteiger partial charge in [-0.15, -0.1) is 0 Å². The third-order valence-electron chi connectivity index (χ3n) is 2.30. The van der Waals surface area contributed by atoms with Crippen LogP contribution >= 0.6 is 27.5 Å². The molecular weight excluding hydrogens is 296 g/mol. The van der Waals surface area contributed by atoms with Crippen LogP contribution in [0.2, 0.25) is 5.02 Å². The first-order chi connectivity index (χ1) is 7.52. The minimum absolute atomic E-state index is 0.265. The summed E-state index contributed by atoms with van der Waals surface area (Å²) in [5, 5.41) is 4.25. The molecule has 0 saturated heterocycles. The van der Waals surface area contributed by atoms with E-state index in [-0.39, 0.29) is 5.56 Å². The standard InChI is InChI=1S/C10H8BrClFN3/c1-16-10(14)5(4-15-16)8-7(13)3-2-6(11)9(8)12/h2-4H,14H2,1H3. The van der Waals surface area contributed by atoms with E-state index >= 15 is 0 Å². The molecule has 0 bridgehead atoms. The number of hydrogen-bond donors (Lipinski definition) is 1. The maximum atomic E-state index is 13.7. The van der Waals surface area contributed by atoms with Crippen molar-refractivity contribution in [3.05, 3.63) is 33.6 Å². The molecular formula is C10H8BrClFN3. The number of hydrogen-bond acceptors (Lipinski definition) is 2. The van der Waals surface area contributed by atoms with Crippen molar-refractivity contribution in [1.82, 2.24) is 9.78 Å². The highest BCUT2D eigenvalue weighted by atomic mass is 79.9. The highest BCUT2D eigenvalue weighted by molar-refractivity contribution is 9.10. The molecule has 0 aliphatic rings. The van der Waals surface area contributed by atoms with Gasteiger partial charge in [0.1, 0.15) is 11.6 Å². The van der Waals surface area contributed by atoms with Crippen molar-refractivity contribution in [3.8, 4) is 11.1 Å². The second-order valence-corrected chi connectivity index (χ2v) is 4.52. The Kier molecular flexibility index (Phi) is 2.90. The van der Waals surface area contributed by atoms with Gasteiger partial charge in [-0.05, 0) is 28.1 Å². The highest BCUT2D eigenvalue weighted by Gasteiger charge is 2.17. The van der Waals surface area contributed by atoms with Crippen LogP contribution in [0.1, 0.15) is 0 Å². The van der Waals surface area contributed by atoms with Crippen molar-refractivity contribution in [2.75, 3.05) is 5.73 Å². The molecule has 2 aromatic rings. The van der Waals surface area contributed by atoms with Crippen LogP contribution < -0.4 is 5.73 Å². The zero-order chi connectivity index (χ0) is 11.9. The van der Waals surface area contributed by atoms with Crippen LogP contribution in [0.5, 0.6) is 0 Å². The molecule has 3 nitrogen and oxygen atoms in total. The number of nitrogens with zero attached hydrogens (tertiary/aromatic N) is 2. The third-order valence-corrected chi connectivity index (χ3v) is 3.58. The molecule has 0 atom stereocenters. The van der Waals surface area contributed by atoms with Gasteiger partial charge in [-0.2, -0.15) is 5.10 Å². The molecule has 0 aliphatic heterocycles. The van der Waals surface area contributed by atoms with Gasteiger partial charge >= 0.3 is 0 Å². The molecule has 0 saturated carbocycles. The Balaban J connectivity index is 2.73. The van der Waals surface area contributed by atoms with E-state index < -0.39 is 5.82 Å². The fourth-order valence-corrected chi connectivity index (χ4v) is 2.00. The Labute approximate surface area is 105 Å². The summed E-state index contributed by atoms with van der Waals surface area (Å²) in [5.41, 5.74) is 6.54. The molecule has 2 N–H and O–H groups in total. The first-order valence-electron chi connectivity index (χ1n) is 4.43. The number of nitrogens with two attached hydrogens (primary N) is 1. The zero-order valence-corrected chi connectivity index (χ0v) is 10.7. The summed E-state index contributed by atoms with van der Waals surface area (Å²) in [5.74, 6) is -0.0493. The topological polar surface area (TPSA) is 43.8 Å². The summed E-state index contributed by atoms with van der Waals surface area (Å²) in [6, 6.07) is 2.88. The van der Waals surface area contributed by atoms with Crippen molar-refractivity contribution in [3.63, 3.8) is 0 Å². The van der Waals surface area contributed by atoms with Crippen molar-refractivity contribution in [2.24, 2.45) is 7.05 Å². The first-order valence-corrected chi connectivity index (χ1v) is 5.60. The fraction of sp³-hybridized carbons (Fsp3) is 0.100. The van der Waals surface area contributed by atoms with Crippen LogP contribution in [0.15, 0.2) is 22.8 Å². The van der Waals surface area contributed by atoms with Crippen LogP contribution in [0.25, 0.3) is 11.1 Å². The molecule has 2 rings (SSSR count). The van der Waals surface area contributed by atoms with Gasteiger partial charge in [0.2, 0.25) is 0 Å². The SMILES string of the molecule is Cn1ncc(-c2c(F)ccc(Br)c2Cl)c1N. The van der Waals surface area contributed by atoms with Gasteiger partial charge in [-0.3, -0.25) is 4.68 Å². The summed E-state index contributed by atoms with van der Waals surface area (Å²) in [6.45, 7) is 0. The average molecular weight is 305 g/mol. The lowest BCUT2D eigenvalue weighted by Gasteiger charge is -2.06. The lowest BCUT2D eigenvalue weighted by molar-refractivity contribution is 0.631. The van der Waals surface area contributed by atoms with E-state index in [0.29, 0.717) is 20.9 Å². The predicted molar refractivity (Wildman–Crippen MR) is 65.7 cm³/mol. The number of benzene rings is 1. The molecule has 0 fully saturated rings. The maximum Gasteiger partial charge on any atom is 0.132 e. The number of aryl methyl sites for hydroxylation is 1. The quantitative estimate of drug-likeness (QED) is 0.822. The Morgan fingerprint density at radius 2 is 2.19 bits per heavy atom. The minimum atomic E-state index is -0.423. The first kappa shape index (κ1) is 11.4. The summed E-state index contributed by atoms with van der Waals surface area (Å²) < 4.78 is 15.8. The highest BCUT2D eigenvalue weighted by Crippen LogP contribution is 2.38.